The second-order valence-electron chi connectivity index (χ2n) is 9.20. The van der Waals surface area contributed by atoms with E-state index in [0.717, 1.165) is 35.0 Å². The predicted octanol–water partition coefficient (Wildman–Crippen LogP) is 7.63. The molecule has 1 N–H and O–H groups in total. The highest BCUT2D eigenvalue weighted by Crippen LogP contribution is 2.29. The molecule has 0 saturated heterocycles. The molecule has 0 aliphatic carbocycles. The van der Waals surface area contributed by atoms with Gasteiger partial charge in [0.1, 0.15) is 5.82 Å². The molecule has 0 aliphatic rings. The first-order valence-electron chi connectivity index (χ1n) is 12.9. The molecule has 6 nitrogen and oxygen atoms in total. The number of unbranched alkanes of at least 4 members (excludes halogenated alkanes) is 2. The number of para-hydroxylation sites is 2. The highest BCUT2D eigenvalue weighted by Gasteiger charge is 2.29. The van der Waals surface area contributed by atoms with Crippen molar-refractivity contribution in [3.63, 3.8) is 0 Å². The van der Waals surface area contributed by atoms with Gasteiger partial charge in [0.2, 0.25) is 0 Å². The first-order chi connectivity index (χ1) is 17.9. The normalized spacial score (nSPS) is 11.9. The minimum Gasteiger partial charge on any atom is -0.314 e. The first kappa shape index (κ1) is 26.6. The van der Waals surface area contributed by atoms with E-state index in [4.69, 9.17) is 4.98 Å². The number of urea groups is 1. The fourth-order valence-electron chi connectivity index (χ4n) is 4.54. The van der Waals surface area contributed by atoms with Crippen molar-refractivity contribution in [3.8, 4) is 5.69 Å². The van der Waals surface area contributed by atoms with Crippen molar-refractivity contribution in [3.05, 3.63) is 99.0 Å². The van der Waals surface area contributed by atoms with Gasteiger partial charge in [0.05, 0.1) is 28.3 Å². The van der Waals surface area contributed by atoms with E-state index >= 15 is 0 Å². The van der Waals surface area contributed by atoms with Crippen molar-refractivity contribution < 1.29 is 4.79 Å². The van der Waals surface area contributed by atoms with Crippen LogP contribution in [-0.4, -0.2) is 27.0 Å². The van der Waals surface area contributed by atoms with E-state index in [1.165, 1.54) is 0 Å². The number of nitrogens with zero attached hydrogens (tertiary/aromatic N) is 3. The number of carbonyl (C=O) groups is 1. The molecule has 2 amide bonds. The Labute approximate surface area is 226 Å². The van der Waals surface area contributed by atoms with Crippen molar-refractivity contribution in [1.82, 2.24) is 14.5 Å². The number of nitrogens with one attached hydrogen (secondary N) is 1. The number of carbonyl (C=O) groups excluding carboxylic acids is 1. The summed E-state index contributed by atoms with van der Waals surface area (Å²) in [6.45, 7) is 6.74. The molecule has 4 rings (SSSR count). The van der Waals surface area contributed by atoms with Gasteiger partial charge in [0, 0.05) is 11.0 Å². The lowest BCUT2D eigenvalue weighted by molar-refractivity contribution is 0.179. The van der Waals surface area contributed by atoms with Gasteiger partial charge in [0.25, 0.3) is 5.56 Å². The van der Waals surface area contributed by atoms with Crippen LogP contribution in [0, 0.1) is 6.92 Å². The highest BCUT2D eigenvalue weighted by molar-refractivity contribution is 9.10. The van der Waals surface area contributed by atoms with Crippen molar-refractivity contribution >= 4 is 38.6 Å². The number of aryl methyl sites for hydroxylation is 1. The third-order valence-corrected chi connectivity index (χ3v) is 7.23. The number of benzene rings is 3. The SMILES string of the molecule is CCCCCN(C(=O)Nc1ccccc1Br)C(CC)c1nc2ccccc2c(=O)n1-c1ccc(C)cc1. The first-order valence-corrected chi connectivity index (χ1v) is 13.6. The van der Waals surface area contributed by atoms with Crippen LogP contribution in [0.4, 0.5) is 10.5 Å². The summed E-state index contributed by atoms with van der Waals surface area (Å²) in [6, 6.07) is 22.2. The van der Waals surface area contributed by atoms with Crippen molar-refractivity contribution in [1.29, 1.82) is 0 Å². The molecule has 3 aromatic carbocycles. The second kappa shape index (κ2) is 12.2. The monoisotopic (exact) mass is 560 g/mol. The van der Waals surface area contributed by atoms with Crippen LogP contribution in [0.15, 0.2) is 82.1 Å². The van der Waals surface area contributed by atoms with E-state index in [2.05, 4.69) is 28.2 Å². The van der Waals surface area contributed by atoms with Crippen molar-refractivity contribution in [2.24, 2.45) is 0 Å². The molecule has 0 aliphatic heterocycles. The van der Waals surface area contributed by atoms with Crippen LogP contribution in [0.5, 0.6) is 0 Å². The van der Waals surface area contributed by atoms with Crippen LogP contribution in [0.25, 0.3) is 16.6 Å². The van der Waals surface area contributed by atoms with Crippen LogP contribution in [0.1, 0.15) is 57.0 Å². The Balaban J connectivity index is 1.86. The van der Waals surface area contributed by atoms with Gasteiger partial charge in [-0.3, -0.25) is 9.36 Å². The number of rotatable bonds is 9. The van der Waals surface area contributed by atoms with E-state index in [1.54, 1.807) is 10.6 Å². The summed E-state index contributed by atoms with van der Waals surface area (Å²) in [5.74, 6) is 0.564. The van der Waals surface area contributed by atoms with E-state index in [-0.39, 0.29) is 11.6 Å². The molecule has 0 spiro atoms. The fraction of sp³-hybridized carbons (Fsp3) is 0.300. The van der Waals surface area contributed by atoms with Gasteiger partial charge in [-0.25, -0.2) is 9.78 Å². The van der Waals surface area contributed by atoms with Crippen molar-refractivity contribution in [2.45, 2.75) is 52.5 Å². The van der Waals surface area contributed by atoms with E-state index in [1.807, 2.05) is 85.5 Å². The number of fused-ring (bicyclic) bond motifs is 1. The van der Waals surface area contributed by atoms with Gasteiger partial charge < -0.3 is 10.2 Å². The van der Waals surface area contributed by atoms with Gasteiger partial charge in [-0.2, -0.15) is 0 Å². The average Bonchev–Trinajstić information content (AvgIpc) is 2.90. The van der Waals surface area contributed by atoms with Crippen LogP contribution in [-0.2, 0) is 0 Å². The second-order valence-corrected chi connectivity index (χ2v) is 10.1. The van der Waals surface area contributed by atoms with Crippen LogP contribution in [0.3, 0.4) is 0 Å². The average molecular weight is 562 g/mol. The molecule has 0 fully saturated rings. The predicted molar refractivity (Wildman–Crippen MR) is 155 cm³/mol. The van der Waals surface area contributed by atoms with E-state index in [9.17, 15) is 9.59 Å². The lowest BCUT2D eigenvalue weighted by atomic mass is 10.1. The van der Waals surface area contributed by atoms with E-state index < -0.39 is 6.04 Å². The molecular weight excluding hydrogens is 528 g/mol. The summed E-state index contributed by atoms with van der Waals surface area (Å²) < 4.78 is 2.49. The number of amides is 2. The molecule has 192 valence electrons. The Bertz CT molecular complexity index is 1430. The summed E-state index contributed by atoms with van der Waals surface area (Å²) in [5, 5.41) is 3.62. The maximum atomic E-state index is 13.8. The highest BCUT2D eigenvalue weighted by atomic mass is 79.9. The third-order valence-electron chi connectivity index (χ3n) is 6.53. The lowest BCUT2D eigenvalue weighted by Crippen LogP contribution is -2.41. The van der Waals surface area contributed by atoms with Crippen LogP contribution >= 0.6 is 15.9 Å². The fourth-order valence-corrected chi connectivity index (χ4v) is 4.92. The summed E-state index contributed by atoms with van der Waals surface area (Å²) in [7, 11) is 0. The minimum atomic E-state index is -0.405. The Kier molecular flexibility index (Phi) is 8.77. The molecular formula is C30H33BrN4O2. The standard InChI is InChI=1S/C30H33BrN4O2/c1-4-6-11-20-34(30(37)33-26-15-10-8-13-24(26)31)27(5-2)28-32-25-14-9-7-12-23(25)29(36)35(28)22-18-16-21(3)17-19-22/h7-10,12-19,27H,4-6,11,20H2,1-3H3,(H,33,37). The van der Waals surface area contributed by atoms with Gasteiger partial charge in [0.15, 0.2) is 0 Å². The van der Waals surface area contributed by atoms with Crippen molar-refractivity contribution in [2.75, 3.05) is 11.9 Å². The Morgan fingerprint density at radius 2 is 1.70 bits per heavy atom. The van der Waals surface area contributed by atoms with Gasteiger partial charge >= 0.3 is 6.03 Å². The molecule has 4 aromatic rings. The zero-order chi connectivity index (χ0) is 26.4. The molecule has 1 atom stereocenters. The number of aromatic nitrogens is 2. The van der Waals surface area contributed by atoms with Gasteiger partial charge in [-0.1, -0.05) is 68.7 Å². The van der Waals surface area contributed by atoms with Crippen LogP contribution < -0.4 is 10.9 Å². The largest absolute Gasteiger partial charge is 0.322 e. The number of anilines is 1. The van der Waals surface area contributed by atoms with E-state index in [0.29, 0.717) is 35.4 Å². The van der Waals surface area contributed by atoms with Crippen LogP contribution in [0.2, 0.25) is 0 Å². The Morgan fingerprint density at radius 3 is 2.41 bits per heavy atom. The summed E-state index contributed by atoms with van der Waals surface area (Å²) in [5.41, 5.74) is 3.03. The summed E-state index contributed by atoms with van der Waals surface area (Å²) in [4.78, 5) is 34.4. The third kappa shape index (κ3) is 5.93. The zero-order valence-electron chi connectivity index (χ0n) is 21.6. The minimum absolute atomic E-state index is 0.136. The molecule has 0 radical (unpaired) electrons. The molecule has 1 unspecified atom stereocenters. The zero-order valence-corrected chi connectivity index (χ0v) is 23.2. The molecule has 37 heavy (non-hydrogen) atoms. The Hall–Kier alpha value is -3.45. The van der Waals surface area contributed by atoms with Gasteiger partial charge in [-0.15, -0.1) is 0 Å². The number of halogens is 1. The van der Waals surface area contributed by atoms with Gasteiger partial charge in [-0.05, 0) is 72.1 Å². The maximum Gasteiger partial charge on any atom is 0.322 e. The molecule has 7 heteroatoms. The quantitative estimate of drug-likeness (QED) is 0.214. The number of hydrogen-bond acceptors (Lipinski definition) is 3. The smallest absolute Gasteiger partial charge is 0.314 e. The Morgan fingerprint density at radius 1 is 1.00 bits per heavy atom. The lowest BCUT2D eigenvalue weighted by Gasteiger charge is -2.32. The number of hydrogen-bond donors (Lipinski definition) is 1. The molecule has 1 aromatic heterocycles. The molecule has 0 saturated carbocycles. The maximum absolute atomic E-state index is 13.8. The summed E-state index contributed by atoms with van der Waals surface area (Å²) in [6.07, 6.45) is 3.51. The topological polar surface area (TPSA) is 67.2 Å². The molecule has 0 bridgehead atoms. The molecule has 1 heterocycles. The summed E-state index contributed by atoms with van der Waals surface area (Å²) >= 11 is 3.53.